The molecule has 0 aliphatic heterocycles. The summed E-state index contributed by atoms with van der Waals surface area (Å²) < 4.78 is 7.79. The van der Waals surface area contributed by atoms with Gasteiger partial charge in [0.05, 0.1) is 11.0 Å². The average molecular weight is 608 g/mol. The van der Waals surface area contributed by atoms with E-state index in [9.17, 15) is 0 Å². The number of benzene rings is 7. The van der Waals surface area contributed by atoms with E-state index in [0.717, 1.165) is 0 Å². The van der Waals surface area contributed by atoms with Gasteiger partial charge in [-0.05, 0) is 76.9 Å². The molecule has 0 saturated heterocycles. The number of aromatic nitrogens is 1. The topological polar surface area (TPSA) is 4.93 Å². The van der Waals surface area contributed by atoms with Gasteiger partial charge in [0.15, 0.2) is 0 Å². The smallest absolute Gasteiger partial charge is 0.0541 e. The highest BCUT2D eigenvalue weighted by Gasteiger charge is 2.17. The molecule has 10 aromatic rings. The van der Waals surface area contributed by atoms with Gasteiger partial charge in [0.2, 0.25) is 0 Å². The first-order valence-corrected chi connectivity index (χ1v) is 16.9. The van der Waals surface area contributed by atoms with Crippen LogP contribution in [-0.2, 0) is 0 Å². The van der Waals surface area contributed by atoms with Crippen LogP contribution in [0.3, 0.4) is 0 Å². The molecule has 0 aliphatic carbocycles. The lowest BCUT2D eigenvalue weighted by molar-refractivity contribution is 1.19. The van der Waals surface area contributed by atoms with E-state index in [0.29, 0.717) is 0 Å². The summed E-state index contributed by atoms with van der Waals surface area (Å²) >= 11 is 3.76. The van der Waals surface area contributed by atoms with E-state index in [1.807, 2.05) is 22.7 Å². The molecule has 0 N–H and O–H groups in total. The lowest BCUT2D eigenvalue weighted by Crippen LogP contribution is -1.93. The summed E-state index contributed by atoms with van der Waals surface area (Å²) in [6.07, 6.45) is 0. The van der Waals surface area contributed by atoms with Crippen molar-refractivity contribution in [2.24, 2.45) is 0 Å². The molecule has 0 aliphatic rings. The first-order chi connectivity index (χ1) is 22.3. The molecular weight excluding hydrogens is 583 g/mol. The van der Waals surface area contributed by atoms with Gasteiger partial charge in [-0.3, -0.25) is 0 Å². The number of thiophene rings is 2. The largest absolute Gasteiger partial charge is 0.309 e. The first-order valence-electron chi connectivity index (χ1n) is 15.3. The van der Waals surface area contributed by atoms with Crippen LogP contribution in [0.25, 0.3) is 90.1 Å². The molecule has 0 unspecified atom stereocenters. The SMILES string of the molecule is c1ccc(-c2ccc3c(c2)c2cc(-c4cccc5c4sc4ccccc45)ccc2n3-c2ccc3sc4ccccc4c3c2)cc1. The summed E-state index contributed by atoms with van der Waals surface area (Å²) in [6.45, 7) is 0. The van der Waals surface area contributed by atoms with Crippen molar-refractivity contribution in [3.8, 4) is 27.9 Å². The Morgan fingerprint density at radius 3 is 1.78 bits per heavy atom. The maximum absolute atomic E-state index is 2.45. The van der Waals surface area contributed by atoms with Crippen molar-refractivity contribution in [3.05, 3.63) is 152 Å². The second kappa shape index (κ2) is 9.64. The predicted molar refractivity (Wildman–Crippen MR) is 197 cm³/mol. The van der Waals surface area contributed by atoms with Crippen LogP contribution in [-0.4, -0.2) is 4.57 Å². The van der Waals surface area contributed by atoms with Crippen molar-refractivity contribution in [1.29, 1.82) is 0 Å². The molecule has 0 amide bonds. The Labute approximate surface area is 267 Å². The molecule has 1 nitrogen and oxygen atoms in total. The van der Waals surface area contributed by atoms with E-state index in [1.54, 1.807) is 0 Å². The predicted octanol–water partition coefficient (Wildman–Crippen LogP) is 12.9. The van der Waals surface area contributed by atoms with E-state index in [4.69, 9.17) is 0 Å². The molecule has 3 heterocycles. The van der Waals surface area contributed by atoms with Gasteiger partial charge in [0.25, 0.3) is 0 Å². The van der Waals surface area contributed by atoms with Crippen molar-refractivity contribution >= 4 is 84.8 Å². The van der Waals surface area contributed by atoms with E-state index < -0.39 is 0 Å². The van der Waals surface area contributed by atoms with Crippen LogP contribution in [0.15, 0.2) is 152 Å². The standard InChI is InChI=1S/C42H25NS2/c1-2-9-26(10-3-1)27-17-20-37-34(23-27)35-24-28(30-13-8-14-33-31-11-4-7-16-40(31)45-42(30)33)18-21-38(35)43(37)29-19-22-41-36(25-29)32-12-5-6-15-39(32)44-41/h1-25H. The molecule has 210 valence electrons. The molecule has 0 atom stereocenters. The zero-order valence-electron chi connectivity index (χ0n) is 24.2. The summed E-state index contributed by atoms with van der Waals surface area (Å²) in [7, 11) is 0. The number of hydrogen-bond acceptors (Lipinski definition) is 2. The van der Waals surface area contributed by atoms with Crippen molar-refractivity contribution in [1.82, 2.24) is 4.57 Å². The first kappa shape index (κ1) is 25.1. The molecule has 0 saturated carbocycles. The van der Waals surface area contributed by atoms with Crippen LogP contribution >= 0.6 is 22.7 Å². The highest BCUT2D eigenvalue weighted by Crippen LogP contribution is 2.43. The fourth-order valence-electron chi connectivity index (χ4n) is 7.11. The quantitative estimate of drug-likeness (QED) is 0.188. The second-order valence-electron chi connectivity index (χ2n) is 11.7. The Morgan fingerprint density at radius 1 is 0.356 bits per heavy atom. The lowest BCUT2D eigenvalue weighted by Gasteiger charge is -2.10. The average Bonchev–Trinajstić information content (AvgIpc) is 3.77. The van der Waals surface area contributed by atoms with Crippen LogP contribution < -0.4 is 0 Å². The molecule has 0 radical (unpaired) electrons. The van der Waals surface area contributed by atoms with Crippen molar-refractivity contribution in [3.63, 3.8) is 0 Å². The molecular formula is C42H25NS2. The zero-order chi connectivity index (χ0) is 29.5. The fraction of sp³-hybridized carbons (Fsp3) is 0. The highest BCUT2D eigenvalue weighted by atomic mass is 32.1. The van der Waals surface area contributed by atoms with E-state index in [-0.39, 0.29) is 0 Å². The Kier molecular flexibility index (Phi) is 5.39. The minimum absolute atomic E-state index is 1.19. The summed E-state index contributed by atoms with van der Waals surface area (Å²) in [6, 6.07) is 55.9. The van der Waals surface area contributed by atoms with Gasteiger partial charge < -0.3 is 4.57 Å². The normalized spacial score (nSPS) is 12.0. The molecule has 0 bridgehead atoms. The van der Waals surface area contributed by atoms with Crippen molar-refractivity contribution < 1.29 is 0 Å². The summed E-state index contributed by atoms with van der Waals surface area (Å²) in [5.74, 6) is 0. The third-order valence-electron chi connectivity index (χ3n) is 9.21. The van der Waals surface area contributed by atoms with Crippen LogP contribution in [0.4, 0.5) is 0 Å². The van der Waals surface area contributed by atoms with Gasteiger partial charge in [-0.2, -0.15) is 0 Å². The van der Waals surface area contributed by atoms with Gasteiger partial charge in [0.1, 0.15) is 0 Å². The molecule has 7 aromatic carbocycles. The van der Waals surface area contributed by atoms with Gasteiger partial charge in [0, 0.05) is 56.8 Å². The van der Waals surface area contributed by atoms with Crippen LogP contribution in [0.2, 0.25) is 0 Å². The Balaban J connectivity index is 1.26. The minimum Gasteiger partial charge on any atom is -0.309 e. The molecule has 3 aromatic heterocycles. The van der Waals surface area contributed by atoms with Crippen LogP contribution in [0.5, 0.6) is 0 Å². The lowest BCUT2D eigenvalue weighted by atomic mass is 9.99. The zero-order valence-corrected chi connectivity index (χ0v) is 25.8. The van der Waals surface area contributed by atoms with E-state index in [2.05, 4.69) is 156 Å². The number of rotatable bonds is 3. The summed E-state index contributed by atoms with van der Waals surface area (Å²) in [4.78, 5) is 0. The van der Waals surface area contributed by atoms with E-state index >= 15 is 0 Å². The molecule has 3 heteroatoms. The van der Waals surface area contributed by atoms with Gasteiger partial charge in [-0.25, -0.2) is 0 Å². The van der Waals surface area contributed by atoms with Gasteiger partial charge >= 0.3 is 0 Å². The van der Waals surface area contributed by atoms with Crippen molar-refractivity contribution in [2.75, 3.05) is 0 Å². The molecule has 45 heavy (non-hydrogen) atoms. The van der Waals surface area contributed by atoms with Gasteiger partial charge in [-0.1, -0.05) is 97.1 Å². The monoisotopic (exact) mass is 607 g/mol. The maximum atomic E-state index is 2.45. The minimum atomic E-state index is 1.19. The Hall–Kier alpha value is -5.22. The number of nitrogens with zero attached hydrogens (tertiary/aromatic N) is 1. The fourth-order valence-corrected chi connectivity index (χ4v) is 9.43. The van der Waals surface area contributed by atoms with E-state index in [1.165, 1.54) is 90.1 Å². The molecule has 0 fully saturated rings. The van der Waals surface area contributed by atoms with Crippen LogP contribution in [0.1, 0.15) is 0 Å². The summed E-state index contributed by atoms with van der Waals surface area (Å²) in [5, 5.41) is 7.85. The highest BCUT2D eigenvalue weighted by molar-refractivity contribution is 7.26. The molecule has 0 spiro atoms. The van der Waals surface area contributed by atoms with Gasteiger partial charge in [-0.15, -0.1) is 22.7 Å². The maximum Gasteiger partial charge on any atom is 0.0541 e. The van der Waals surface area contributed by atoms with Crippen molar-refractivity contribution in [2.45, 2.75) is 0 Å². The second-order valence-corrected chi connectivity index (χ2v) is 13.9. The number of hydrogen-bond donors (Lipinski definition) is 0. The third kappa shape index (κ3) is 3.78. The molecule has 10 rings (SSSR count). The number of fused-ring (bicyclic) bond motifs is 9. The van der Waals surface area contributed by atoms with Crippen LogP contribution in [0, 0.1) is 0 Å². The Bertz CT molecular complexity index is 2760. The third-order valence-corrected chi connectivity index (χ3v) is 11.6. The summed E-state index contributed by atoms with van der Waals surface area (Å²) in [5.41, 5.74) is 8.65. The Morgan fingerprint density at radius 2 is 0.978 bits per heavy atom.